The van der Waals surface area contributed by atoms with Gasteiger partial charge in [-0.3, -0.25) is 0 Å². The van der Waals surface area contributed by atoms with E-state index in [0.29, 0.717) is 24.5 Å². The maximum atomic E-state index is 12.9. The van der Waals surface area contributed by atoms with E-state index in [1.54, 1.807) is 10.7 Å². The minimum atomic E-state index is -0.346. The third kappa shape index (κ3) is 3.01. The Hall–Kier alpha value is -1.46. The third-order valence-electron chi connectivity index (χ3n) is 2.33. The van der Waals surface area contributed by atoms with Crippen LogP contribution in [0.2, 0.25) is 5.02 Å². The van der Waals surface area contributed by atoms with Crippen LogP contribution in [-0.4, -0.2) is 21.5 Å². The Kier molecular flexibility index (Phi) is 3.71. The fourth-order valence-electron chi connectivity index (χ4n) is 1.50. The summed E-state index contributed by atoms with van der Waals surface area (Å²) in [7, 11) is 0. The highest BCUT2D eigenvalue weighted by Gasteiger charge is 2.05. The maximum absolute atomic E-state index is 12.9. The van der Waals surface area contributed by atoms with Gasteiger partial charge in [0, 0.05) is 17.6 Å². The Morgan fingerprint density at radius 1 is 1.41 bits per heavy atom. The molecule has 0 radical (unpaired) electrons. The van der Waals surface area contributed by atoms with Gasteiger partial charge in [0.05, 0.1) is 12.2 Å². The van der Waals surface area contributed by atoms with Crippen molar-refractivity contribution < 1.29 is 4.39 Å². The highest BCUT2D eigenvalue weighted by molar-refractivity contribution is 6.31. The molecule has 0 bridgehead atoms. The molecule has 1 heterocycles. The number of aromatic nitrogens is 3. The summed E-state index contributed by atoms with van der Waals surface area (Å²) in [6.45, 7) is 1.01. The molecule has 0 aliphatic carbocycles. The number of hydrogen-bond donors (Lipinski definition) is 1. The molecule has 0 spiro atoms. The molecule has 0 fully saturated rings. The molecule has 4 nitrogen and oxygen atoms in total. The third-order valence-corrected chi connectivity index (χ3v) is 2.69. The topological polar surface area (TPSA) is 56.7 Å². The summed E-state index contributed by atoms with van der Waals surface area (Å²) < 4.78 is 14.5. The lowest BCUT2D eigenvalue weighted by Crippen LogP contribution is -2.03. The van der Waals surface area contributed by atoms with Crippen LogP contribution in [0.3, 0.4) is 0 Å². The van der Waals surface area contributed by atoms with Gasteiger partial charge < -0.3 is 5.73 Å². The monoisotopic (exact) mass is 254 g/mol. The van der Waals surface area contributed by atoms with Gasteiger partial charge in [0.15, 0.2) is 0 Å². The van der Waals surface area contributed by atoms with Crippen molar-refractivity contribution in [2.24, 2.45) is 5.73 Å². The van der Waals surface area contributed by atoms with Gasteiger partial charge >= 0.3 is 0 Å². The van der Waals surface area contributed by atoms with E-state index in [4.69, 9.17) is 17.3 Å². The summed E-state index contributed by atoms with van der Waals surface area (Å²) >= 11 is 5.93. The molecule has 1 aromatic carbocycles. The minimum absolute atomic E-state index is 0.346. The van der Waals surface area contributed by atoms with Gasteiger partial charge in [-0.05, 0) is 24.2 Å². The standard InChI is InChI=1S/C11H12ClFN4/c12-11-5-9(13)2-1-8(11)6-17-7-10(3-4-14)15-16-17/h1-2,5,7H,3-4,6,14H2. The molecule has 0 atom stereocenters. The van der Waals surface area contributed by atoms with Crippen molar-refractivity contribution in [2.75, 3.05) is 6.54 Å². The number of nitrogens with zero attached hydrogens (tertiary/aromatic N) is 3. The van der Waals surface area contributed by atoms with E-state index in [2.05, 4.69) is 10.3 Å². The summed E-state index contributed by atoms with van der Waals surface area (Å²) in [5.41, 5.74) is 7.06. The molecule has 2 N–H and O–H groups in total. The van der Waals surface area contributed by atoms with Gasteiger partial charge in [-0.15, -0.1) is 5.10 Å². The zero-order valence-electron chi connectivity index (χ0n) is 9.11. The Morgan fingerprint density at radius 3 is 2.94 bits per heavy atom. The maximum Gasteiger partial charge on any atom is 0.124 e. The molecule has 0 aliphatic heterocycles. The van der Waals surface area contributed by atoms with E-state index in [1.165, 1.54) is 12.1 Å². The Bertz CT molecular complexity index is 512. The number of nitrogens with two attached hydrogens (primary N) is 1. The molecule has 17 heavy (non-hydrogen) atoms. The van der Waals surface area contributed by atoms with Crippen LogP contribution in [0.15, 0.2) is 24.4 Å². The number of rotatable bonds is 4. The number of benzene rings is 1. The van der Waals surface area contributed by atoms with Crippen molar-refractivity contribution in [2.45, 2.75) is 13.0 Å². The van der Waals surface area contributed by atoms with Crippen LogP contribution in [0.25, 0.3) is 0 Å². The first-order valence-electron chi connectivity index (χ1n) is 5.22. The van der Waals surface area contributed by atoms with E-state index < -0.39 is 0 Å². The van der Waals surface area contributed by atoms with Gasteiger partial charge in [0.1, 0.15) is 5.82 Å². The quantitative estimate of drug-likeness (QED) is 0.902. The Balaban J connectivity index is 2.13. The summed E-state index contributed by atoms with van der Waals surface area (Å²) in [5.74, 6) is -0.346. The van der Waals surface area contributed by atoms with Gasteiger partial charge in [0.25, 0.3) is 0 Å². The summed E-state index contributed by atoms with van der Waals surface area (Å²) in [6.07, 6.45) is 2.50. The van der Waals surface area contributed by atoms with Crippen LogP contribution in [0.5, 0.6) is 0 Å². The second-order valence-electron chi connectivity index (χ2n) is 3.68. The van der Waals surface area contributed by atoms with Crippen molar-refractivity contribution in [3.05, 3.63) is 46.5 Å². The molecule has 0 unspecified atom stereocenters. The predicted octanol–water partition coefficient (Wildman–Crippen LogP) is 1.62. The van der Waals surface area contributed by atoms with Gasteiger partial charge in [-0.1, -0.05) is 22.9 Å². The largest absolute Gasteiger partial charge is 0.330 e. The zero-order chi connectivity index (χ0) is 12.3. The highest BCUT2D eigenvalue weighted by Crippen LogP contribution is 2.18. The molecule has 6 heteroatoms. The van der Waals surface area contributed by atoms with Crippen molar-refractivity contribution in [1.29, 1.82) is 0 Å². The Labute approximate surface area is 103 Å². The Morgan fingerprint density at radius 2 is 2.24 bits per heavy atom. The molecule has 1 aromatic heterocycles. The van der Waals surface area contributed by atoms with Gasteiger partial charge in [0.2, 0.25) is 0 Å². The van der Waals surface area contributed by atoms with E-state index in [1.807, 2.05) is 6.20 Å². The van der Waals surface area contributed by atoms with Crippen LogP contribution >= 0.6 is 11.6 Å². The van der Waals surface area contributed by atoms with Crippen molar-refractivity contribution in [3.8, 4) is 0 Å². The second-order valence-corrected chi connectivity index (χ2v) is 4.09. The van der Waals surface area contributed by atoms with Crippen molar-refractivity contribution in [1.82, 2.24) is 15.0 Å². The zero-order valence-corrected chi connectivity index (χ0v) is 9.86. The first-order valence-corrected chi connectivity index (χ1v) is 5.60. The number of hydrogen-bond acceptors (Lipinski definition) is 3. The molecule has 90 valence electrons. The second kappa shape index (κ2) is 5.25. The lowest BCUT2D eigenvalue weighted by atomic mass is 10.2. The lowest BCUT2D eigenvalue weighted by Gasteiger charge is -2.03. The predicted molar refractivity (Wildman–Crippen MR) is 63.3 cm³/mol. The van der Waals surface area contributed by atoms with E-state index in [0.717, 1.165) is 11.3 Å². The molecule has 0 amide bonds. The van der Waals surface area contributed by atoms with Crippen LogP contribution in [0, 0.1) is 5.82 Å². The average molecular weight is 255 g/mol. The summed E-state index contributed by atoms with van der Waals surface area (Å²) in [5, 5.41) is 8.31. The lowest BCUT2D eigenvalue weighted by molar-refractivity contribution is 0.621. The van der Waals surface area contributed by atoms with E-state index in [-0.39, 0.29) is 5.82 Å². The molecular formula is C11H12ClFN4. The summed E-state index contributed by atoms with van der Waals surface area (Å²) in [6, 6.07) is 4.30. The highest BCUT2D eigenvalue weighted by atomic mass is 35.5. The fourth-order valence-corrected chi connectivity index (χ4v) is 1.73. The SMILES string of the molecule is NCCc1cn(Cc2ccc(F)cc2Cl)nn1. The first-order chi connectivity index (χ1) is 8.19. The molecule has 0 saturated heterocycles. The molecule has 2 aromatic rings. The van der Waals surface area contributed by atoms with Crippen molar-refractivity contribution >= 4 is 11.6 Å². The van der Waals surface area contributed by atoms with Gasteiger partial charge in [-0.2, -0.15) is 0 Å². The van der Waals surface area contributed by atoms with E-state index >= 15 is 0 Å². The van der Waals surface area contributed by atoms with Crippen LogP contribution in [0.4, 0.5) is 4.39 Å². The molecule has 2 rings (SSSR count). The summed E-state index contributed by atoms with van der Waals surface area (Å²) in [4.78, 5) is 0. The normalized spacial score (nSPS) is 10.8. The number of halogens is 2. The van der Waals surface area contributed by atoms with Crippen LogP contribution in [-0.2, 0) is 13.0 Å². The molecule has 0 saturated carbocycles. The minimum Gasteiger partial charge on any atom is -0.330 e. The fraction of sp³-hybridized carbons (Fsp3) is 0.273. The molecule has 0 aliphatic rings. The van der Waals surface area contributed by atoms with Gasteiger partial charge in [-0.25, -0.2) is 9.07 Å². The van der Waals surface area contributed by atoms with Crippen LogP contribution in [0.1, 0.15) is 11.3 Å². The molecular weight excluding hydrogens is 243 g/mol. The smallest absolute Gasteiger partial charge is 0.124 e. The first kappa shape index (κ1) is 12.0. The van der Waals surface area contributed by atoms with E-state index in [9.17, 15) is 4.39 Å². The van der Waals surface area contributed by atoms with Crippen molar-refractivity contribution in [3.63, 3.8) is 0 Å². The van der Waals surface area contributed by atoms with Crippen LogP contribution < -0.4 is 5.73 Å². The average Bonchev–Trinajstić information content (AvgIpc) is 2.71.